The molecule has 1 aromatic carbocycles. The van der Waals surface area contributed by atoms with Gasteiger partial charge in [0.25, 0.3) is 5.91 Å². The minimum absolute atomic E-state index is 0.0338. The molecule has 5 heteroatoms. The Morgan fingerprint density at radius 3 is 2.40 bits per heavy atom. The third-order valence-electron chi connectivity index (χ3n) is 3.26. The van der Waals surface area contributed by atoms with E-state index in [1.54, 1.807) is 4.90 Å². The maximum atomic E-state index is 12.3. The van der Waals surface area contributed by atoms with Crippen LogP contribution in [0, 0.1) is 0 Å². The highest BCUT2D eigenvalue weighted by molar-refractivity contribution is 5.94. The summed E-state index contributed by atoms with van der Waals surface area (Å²) in [5, 5.41) is 11.4. The highest BCUT2D eigenvalue weighted by Gasteiger charge is 2.14. The summed E-state index contributed by atoms with van der Waals surface area (Å²) < 4.78 is 0. The molecule has 3 N–H and O–H groups in total. The van der Waals surface area contributed by atoms with Gasteiger partial charge in [-0.15, -0.1) is 0 Å². The first-order valence-corrected chi connectivity index (χ1v) is 6.85. The van der Waals surface area contributed by atoms with Crippen LogP contribution in [-0.4, -0.2) is 34.9 Å². The summed E-state index contributed by atoms with van der Waals surface area (Å²) in [6.07, 6.45) is 0.361. The van der Waals surface area contributed by atoms with Gasteiger partial charge in [0.1, 0.15) is 5.84 Å². The molecule has 0 aromatic heterocycles. The van der Waals surface area contributed by atoms with Crippen molar-refractivity contribution in [3.05, 3.63) is 35.4 Å². The molecule has 0 unspecified atom stereocenters. The normalized spacial score (nSPS) is 11.7. The SMILES string of the molecule is CCN(CCC(N)=NO)C(=O)c1ccc(C(C)C)cc1. The van der Waals surface area contributed by atoms with E-state index in [1.165, 1.54) is 5.56 Å². The summed E-state index contributed by atoms with van der Waals surface area (Å²) in [5.74, 6) is 0.543. The number of amidine groups is 1. The van der Waals surface area contributed by atoms with Gasteiger partial charge in [-0.25, -0.2) is 0 Å². The van der Waals surface area contributed by atoms with Gasteiger partial charge in [-0.2, -0.15) is 0 Å². The van der Waals surface area contributed by atoms with E-state index in [2.05, 4.69) is 19.0 Å². The van der Waals surface area contributed by atoms with Crippen LogP contribution >= 0.6 is 0 Å². The zero-order valence-corrected chi connectivity index (χ0v) is 12.3. The molecule has 0 saturated heterocycles. The van der Waals surface area contributed by atoms with Crippen LogP contribution in [-0.2, 0) is 0 Å². The number of amides is 1. The van der Waals surface area contributed by atoms with Crippen molar-refractivity contribution in [2.45, 2.75) is 33.1 Å². The van der Waals surface area contributed by atoms with Crippen LogP contribution in [0.3, 0.4) is 0 Å². The van der Waals surface area contributed by atoms with E-state index < -0.39 is 0 Å². The third kappa shape index (κ3) is 4.26. The molecule has 0 spiro atoms. The van der Waals surface area contributed by atoms with Crippen LogP contribution in [0.5, 0.6) is 0 Å². The molecule has 0 aliphatic heterocycles. The van der Waals surface area contributed by atoms with Crippen molar-refractivity contribution >= 4 is 11.7 Å². The van der Waals surface area contributed by atoms with Crippen molar-refractivity contribution in [2.24, 2.45) is 10.9 Å². The molecule has 0 heterocycles. The Morgan fingerprint density at radius 2 is 1.95 bits per heavy atom. The first kappa shape index (κ1) is 16.0. The summed E-state index contributed by atoms with van der Waals surface area (Å²) in [6.45, 7) is 7.17. The molecule has 0 radical (unpaired) electrons. The van der Waals surface area contributed by atoms with Gasteiger partial charge in [0.15, 0.2) is 0 Å². The van der Waals surface area contributed by atoms with Crippen LogP contribution in [0.1, 0.15) is 49.0 Å². The van der Waals surface area contributed by atoms with E-state index in [9.17, 15) is 4.79 Å². The molecule has 20 heavy (non-hydrogen) atoms. The summed E-state index contributed by atoms with van der Waals surface area (Å²) in [7, 11) is 0. The smallest absolute Gasteiger partial charge is 0.253 e. The molecular weight excluding hydrogens is 254 g/mol. The maximum Gasteiger partial charge on any atom is 0.253 e. The topological polar surface area (TPSA) is 78.9 Å². The average molecular weight is 277 g/mol. The van der Waals surface area contributed by atoms with Crippen LogP contribution in [0.4, 0.5) is 0 Å². The van der Waals surface area contributed by atoms with Crippen LogP contribution in [0.25, 0.3) is 0 Å². The van der Waals surface area contributed by atoms with Crippen molar-refractivity contribution in [3.63, 3.8) is 0 Å². The van der Waals surface area contributed by atoms with Crippen molar-refractivity contribution in [2.75, 3.05) is 13.1 Å². The van der Waals surface area contributed by atoms with Crippen molar-refractivity contribution in [1.82, 2.24) is 4.90 Å². The highest BCUT2D eigenvalue weighted by atomic mass is 16.4. The highest BCUT2D eigenvalue weighted by Crippen LogP contribution is 2.15. The Kier molecular flexibility index (Phi) is 6.03. The molecular formula is C15H23N3O2. The Balaban J connectivity index is 2.75. The largest absolute Gasteiger partial charge is 0.409 e. The molecule has 1 aromatic rings. The van der Waals surface area contributed by atoms with E-state index in [0.717, 1.165) is 0 Å². The quantitative estimate of drug-likeness (QED) is 0.363. The lowest BCUT2D eigenvalue weighted by atomic mass is 10.0. The number of nitrogens with two attached hydrogens (primary N) is 1. The second kappa shape index (κ2) is 7.53. The first-order valence-electron chi connectivity index (χ1n) is 6.85. The second-order valence-corrected chi connectivity index (χ2v) is 5.00. The lowest BCUT2D eigenvalue weighted by Crippen LogP contribution is -2.33. The minimum Gasteiger partial charge on any atom is -0.409 e. The molecule has 0 aliphatic rings. The number of oxime groups is 1. The Hall–Kier alpha value is -2.04. The Bertz CT molecular complexity index is 467. The zero-order chi connectivity index (χ0) is 15.1. The fourth-order valence-electron chi connectivity index (χ4n) is 1.90. The molecule has 0 aliphatic carbocycles. The predicted octanol–water partition coefficient (Wildman–Crippen LogP) is 2.41. The Morgan fingerprint density at radius 1 is 1.35 bits per heavy atom. The monoisotopic (exact) mass is 277 g/mol. The lowest BCUT2D eigenvalue weighted by molar-refractivity contribution is 0.0768. The molecule has 0 atom stereocenters. The number of carbonyl (C=O) groups excluding carboxylic acids is 1. The molecule has 1 amide bonds. The number of benzene rings is 1. The average Bonchev–Trinajstić information content (AvgIpc) is 2.47. The molecule has 0 saturated carbocycles. The Labute approximate surface area is 120 Å². The van der Waals surface area contributed by atoms with Gasteiger partial charge in [-0.3, -0.25) is 4.79 Å². The van der Waals surface area contributed by atoms with Gasteiger partial charge in [-0.1, -0.05) is 31.1 Å². The number of nitrogens with zero attached hydrogens (tertiary/aromatic N) is 2. The molecule has 0 fully saturated rings. The van der Waals surface area contributed by atoms with E-state index in [-0.39, 0.29) is 11.7 Å². The third-order valence-corrected chi connectivity index (χ3v) is 3.26. The number of carbonyl (C=O) groups is 1. The van der Waals surface area contributed by atoms with Crippen LogP contribution in [0.2, 0.25) is 0 Å². The van der Waals surface area contributed by atoms with Gasteiger partial charge in [-0.05, 0) is 30.5 Å². The van der Waals surface area contributed by atoms with Gasteiger partial charge in [0.2, 0.25) is 0 Å². The van der Waals surface area contributed by atoms with E-state index in [4.69, 9.17) is 10.9 Å². The molecule has 110 valence electrons. The minimum atomic E-state index is -0.0338. The summed E-state index contributed by atoms with van der Waals surface area (Å²) in [6, 6.07) is 7.66. The fraction of sp³-hybridized carbons (Fsp3) is 0.467. The van der Waals surface area contributed by atoms with Gasteiger partial charge < -0.3 is 15.8 Å². The van der Waals surface area contributed by atoms with E-state index >= 15 is 0 Å². The van der Waals surface area contributed by atoms with Gasteiger partial charge >= 0.3 is 0 Å². The zero-order valence-electron chi connectivity index (χ0n) is 12.3. The maximum absolute atomic E-state index is 12.3. The fourth-order valence-corrected chi connectivity index (χ4v) is 1.90. The number of hydrogen-bond donors (Lipinski definition) is 2. The van der Waals surface area contributed by atoms with E-state index in [0.29, 0.717) is 31.0 Å². The second-order valence-electron chi connectivity index (χ2n) is 5.00. The summed E-state index contributed by atoms with van der Waals surface area (Å²) >= 11 is 0. The predicted molar refractivity (Wildman–Crippen MR) is 80.1 cm³/mol. The first-order chi connectivity index (χ1) is 9.49. The van der Waals surface area contributed by atoms with E-state index in [1.807, 2.05) is 31.2 Å². The molecule has 0 bridgehead atoms. The standard InChI is InChI=1S/C15H23N3O2/c1-4-18(10-9-14(16)17-20)15(19)13-7-5-12(6-8-13)11(2)3/h5-8,11,20H,4,9-10H2,1-3H3,(H2,16,17). The summed E-state index contributed by atoms with van der Waals surface area (Å²) in [4.78, 5) is 14.0. The molecule has 1 rings (SSSR count). The van der Waals surface area contributed by atoms with Gasteiger partial charge in [0.05, 0.1) is 0 Å². The lowest BCUT2D eigenvalue weighted by Gasteiger charge is -2.20. The van der Waals surface area contributed by atoms with Crippen molar-refractivity contribution in [3.8, 4) is 0 Å². The van der Waals surface area contributed by atoms with Crippen molar-refractivity contribution in [1.29, 1.82) is 0 Å². The molecule has 5 nitrogen and oxygen atoms in total. The summed E-state index contributed by atoms with van der Waals surface area (Å²) in [5.41, 5.74) is 7.30. The van der Waals surface area contributed by atoms with Crippen LogP contribution < -0.4 is 5.73 Å². The number of hydrogen-bond acceptors (Lipinski definition) is 3. The van der Waals surface area contributed by atoms with Crippen LogP contribution in [0.15, 0.2) is 29.4 Å². The van der Waals surface area contributed by atoms with Crippen molar-refractivity contribution < 1.29 is 10.0 Å². The van der Waals surface area contributed by atoms with Gasteiger partial charge in [0, 0.05) is 25.1 Å². The number of rotatable bonds is 6.